The highest BCUT2D eigenvalue weighted by molar-refractivity contribution is 6.28. The number of aromatic nitrogens is 3. The Balaban J connectivity index is 2.14. The van der Waals surface area contributed by atoms with E-state index in [-0.39, 0.29) is 11.3 Å². The topological polar surface area (TPSA) is 78.4 Å². The van der Waals surface area contributed by atoms with Gasteiger partial charge in [-0.05, 0) is 23.7 Å². The third kappa shape index (κ3) is 3.85. The minimum absolute atomic E-state index is 0.0612. The highest BCUT2D eigenvalue weighted by Gasteiger charge is 2.08. The molecule has 8 heteroatoms. The van der Waals surface area contributed by atoms with E-state index in [0.29, 0.717) is 18.2 Å². The largest absolute Gasteiger partial charge is 0.497 e. The van der Waals surface area contributed by atoms with E-state index < -0.39 is 0 Å². The quantitative estimate of drug-likeness (QED) is 0.876. The normalized spacial score (nSPS) is 10.1. The molecule has 21 heavy (non-hydrogen) atoms. The summed E-state index contributed by atoms with van der Waals surface area (Å²) >= 11 is 5.79. The van der Waals surface area contributed by atoms with Crippen LogP contribution in [-0.4, -0.2) is 36.3 Å². The van der Waals surface area contributed by atoms with Gasteiger partial charge in [-0.2, -0.15) is 15.0 Å². The number of anilines is 1. The first-order chi connectivity index (χ1) is 10.2. The summed E-state index contributed by atoms with van der Waals surface area (Å²) in [6, 6.07) is 5.70. The van der Waals surface area contributed by atoms with E-state index in [4.69, 9.17) is 25.8 Å². The van der Waals surface area contributed by atoms with Crippen molar-refractivity contribution >= 4 is 17.5 Å². The maximum absolute atomic E-state index is 5.79. The number of ether oxygens (including phenoxy) is 3. The molecule has 1 N–H and O–H groups in total. The number of hydrogen-bond acceptors (Lipinski definition) is 7. The monoisotopic (exact) mass is 310 g/mol. The average molecular weight is 311 g/mol. The van der Waals surface area contributed by atoms with Crippen molar-refractivity contribution in [2.24, 2.45) is 0 Å². The van der Waals surface area contributed by atoms with Gasteiger partial charge in [-0.3, -0.25) is 0 Å². The molecule has 0 unspecified atom stereocenters. The molecule has 0 bridgehead atoms. The van der Waals surface area contributed by atoms with E-state index in [1.54, 1.807) is 20.3 Å². The third-order valence-electron chi connectivity index (χ3n) is 2.70. The minimum Gasteiger partial charge on any atom is -0.497 e. The maximum atomic E-state index is 5.79. The van der Waals surface area contributed by atoms with Gasteiger partial charge in [0, 0.05) is 18.2 Å². The molecular formula is C13H15ClN4O3. The number of rotatable bonds is 6. The van der Waals surface area contributed by atoms with E-state index in [1.807, 2.05) is 12.1 Å². The second-order valence-electron chi connectivity index (χ2n) is 3.95. The number of hydrogen-bond donors (Lipinski definition) is 1. The van der Waals surface area contributed by atoms with Gasteiger partial charge in [-0.15, -0.1) is 0 Å². The lowest BCUT2D eigenvalue weighted by atomic mass is 10.2. The summed E-state index contributed by atoms with van der Waals surface area (Å²) < 4.78 is 15.4. The van der Waals surface area contributed by atoms with E-state index in [2.05, 4.69) is 20.3 Å². The van der Waals surface area contributed by atoms with Crippen molar-refractivity contribution in [3.63, 3.8) is 0 Å². The number of benzene rings is 1. The van der Waals surface area contributed by atoms with Gasteiger partial charge in [0.1, 0.15) is 11.5 Å². The molecule has 0 fully saturated rings. The molecular weight excluding hydrogens is 296 g/mol. The van der Waals surface area contributed by atoms with Crippen LogP contribution in [0.4, 0.5) is 5.95 Å². The second-order valence-corrected chi connectivity index (χ2v) is 4.28. The zero-order valence-electron chi connectivity index (χ0n) is 11.9. The van der Waals surface area contributed by atoms with Crippen LogP contribution in [0.5, 0.6) is 17.5 Å². The summed E-state index contributed by atoms with van der Waals surface area (Å²) in [6.45, 7) is 0.455. The molecule has 0 atom stereocenters. The Morgan fingerprint density at radius 2 is 1.86 bits per heavy atom. The molecule has 1 heterocycles. The lowest BCUT2D eigenvalue weighted by molar-refractivity contribution is 0.378. The smallest absolute Gasteiger partial charge is 0.322 e. The fourth-order valence-electron chi connectivity index (χ4n) is 1.67. The van der Waals surface area contributed by atoms with Crippen LogP contribution in [0, 0.1) is 0 Å². The molecule has 0 saturated heterocycles. The first-order valence-corrected chi connectivity index (χ1v) is 6.44. The average Bonchev–Trinajstić information content (AvgIpc) is 2.52. The standard InChI is InChI=1S/C13H15ClN4O3/c1-19-9-5-4-8(10(6-9)20-2)7-15-12-16-11(14)17-13(18-12)21-3/h4-6H,7H2,1-3H3,(H,15,16,17,18). The Labute approximate surface area is 127 Å². The molecule has 112 valence electrons. The van der Waals surface area contributed by atoms with Crippen molar-refractivity contribution in [1.29, 1.82) is 0 Å². The van der Waals surface area contributed by atoms with E-state index in [0.717, 1.165) is 11.3 Å². The van der Waals surface area contributed by atoms with Crippen LogP contribution >= 0.6 is 11.6 Å². The molecule has 0 aliphatic heterocycles. The van der Waals surface area contributed by atoms with Gasteiger partial charge in [0.05, 0.1) is 21.3 Å². The Morgan fingerprint density at radius 3 is 2.52 bits per heavy atom. The Hall–Kier alpha value is -2.28. The van der Waals surface area contributed by atoms with Crippen molar-refractivity contribution in [3.05, 3.63) is 29.0 Å². The molecule has 0 spiro atoms. The molecule has 1 aromatic carbocycles. The summed E-state index contributed by atoms with van der Waals surface area (Å²) in [5.74, 6) is 1.75. The predicted octanol–water partition coefficient (Wildman–Crippen LogP) is 2.16. The van der Waals surface area contributed by atoms with Crippen LogP contribution < -0.4 is 19.5 Å². The fourth-order valence-corrected chi connectivity index (χ4v) is 1.83. The predicted molar refractivity (Wildman–Crippen MR) is 78.3 cm³/mol. The van der Waals surface area contributed by atoms with E-state index in [9.17, 15) is 0 Å². The fraction of sp³-hybridized carbons (Fsp3) is 0.308. The molecule has 2 aromatic rings. The van der Waals surface area contributed by atoms with Crippen LogP contribution in [-0.2, 0) is 6.54 Å². The van der Waals surface area contributed by atoms with Gasteiger partial charge in [-0.25, -0.2) is 0 Å². The van der Waals surface area contributed by atoms with Crippen LogP contribution in [0.15, 0.2) is 18.2 Å². The molecule has 0 radical (unpaired) electrons. The van der Waals surface area contributed by atoms with Gasteiger partial charge in [0.15, 0.2) is 0 Å². The Morgan fingerprint density at radius 1 is 1.05 bits per heavy atom. The first-order valence-electron chi connectivity index (χ1n) is 6.06. The Bertz CT molecular complexity index is 624. The minimum atomic E-state index is 0.0612. The summed E-state index contributed by atoms with van der Waals surface area (Å²) in [5.41, 5.74) is 0.925. The van der Waals surface area contributed by atoms with Crippen LogP contribution in [0.25, 0.3) is 0 Å². The maximum Gasteiger partial charge on any atom is 0.322 e. The van der Waals surface area contributed by atoms with E-state index >= 15 is 0 Å². The van der Waals surface area contributed by atoms with Gasteiger partial charge in [0.2, 0.25) is 11.2 Å². The third-order valence-corrected chi connectivity index (χ3v) is 2.87. The number of nitrogens with one attached hydrogen (secondary N) is 1. The summed E-state index contributed by atoms with van der Waals surface area (Å²) in [5, 5.41) is 3.10. The van der Waals surface area contributed by atoms with Crippen molar-refractivity contribution in [2.45, 2.75) is 6.54 Å². The Kier molecular flexibility index (Phi) is 4.99. The zero-order valence-corrected chi connectivity index (χ0v) is 12.6. The van der Waals surface area contributed by atoms with E-state index in [1.165, 1.54) is 7.11 Å². The lowest BCUT2D eigenvalue weighted by Gasteiger charge is -2.11. The summed E-state index contributed by atoms with van der Waals surface area (Å²) in [6.07, 6.45) is 0. The van der Waals surface area contributed by atoms with Crippen molar-refractivity contribution in [3.8, 4) is 17.5 Å². The molecule has 0 aliphatic carbocycles. The first kappa shape index (κ1) is 15.1. The molecule has 2 rings (SSSR count). The van der Waals surface area contributed by atoms with Crippen molar-refractivity contribution in [1.82, 2.24) is 15.0 Å². The number of nitrogens with zero attached hydrogens (tertiary/aromatic N) is 3. The highest BCUT2D eigenvalue weighted by atomic mass is 35.5. The highest BCUT2D eigenvalue weighted by Crippen LogP contribution is 2.25. The zero-order chi connectivity index (χ0) is 15.2. The van der Waals surface area contributed by atoms with Gasteiger partial charge >= 0.3 is 6.01 Å². The molecule has 7 nitrogen and oxygen atoms in total. The SMILES string of the molecule is COc1ccc(CNc2nc(Cl)nc(OC)n2)c(OC)c1. The molecule has 1 aromatic heterocycles. The van der Waals surface area contributed by atoms with Crippen molar-refractivity contribution in [2.75, 3.05) is 26.6 Å². The van der Waals surface area contributed by atoms with Crippen LogP contribution in [0.3, 0.4) is 0 Å². The van der Waals surface area contributed by atoms with Gasteiger partial charge < -0.3 is 19.5 Å². The molecule has 0 amide bonds. The lowest BCUT2D eigenvalue weighted by Crippen LogP contribution is -2.07. The molecule has 0 saturated carbocycles. The molecule has 0 aliphatic rings. The number of methoxy groups -OCH3 is 3. The summed E-state index contributed by atoms with van der Waals surface area (Å²) in [7, 11) is 4.66. The van der Waals surface area contributed by atoms with Gasteiger partial charge in [0.25, 0.3) is 0 Å². The van der Waals surface area contributed by atoms with Crippen molar-refractivity contribution < 1.29 is 14.2 Å². The summed E-state index contributed by atoms with van der Waals surface area (Å²) in [4.78, 5) is 11.8. The van der Waals surface area contributed by atoms with Crippen LogP contribution in [0.1, 0.15) is 5.56 Å². The van der Waals surface area contributed by atoms with Crippen LogP contribution in [0.2, 0.25) is 5.28 Å². The second kappa shape index (κ2) is 6.94. The van der Waals surface area contributed by atoms with Gasteiger partial charge in [-0.1, -0.05) is 0 Å². The number of halogens is 1.